The van der Waals surface area contributed by atoms with Gasteiger partial charge in [-0.3, -0.25) is 4.79 Å². The molecule has 0 radical (unpaired) electrons. The summed E-state index contributed by atoms with van der Waals surface area (Å²) < 4.78 is 0. The molecule has 15 heavy (non-hydrogen) atoms. The third-order valence-corrected chi connectivity index (χ3v) is 3.35. The van der Waals surface area contributed by atoms with Gasteiger partial charge < -0.3 is 10.4 Å². The van der Waals surface area contributed by atoms with Crippen LogP contribution in [0, 0.1) is 5.41 Å². The highest BCUT2D eigenvalue weighted by atomic mass is 16.4. The first-order valence-electron chi connectivity index (χ1n) is 6.03. The van der Waals surface area contributed by atoms with Crippen LogP contribution in [0.3, 0.4) is 0 Å². The minimum Gasteiger partial charge on any atom is -0.481 e. The predicted molar refractivity (Wildman–Crippen MR) is 60.9 cm³/mol. The van der Waals surface area contributed by atoms with Gasteiger partial charge >= 0.3 is 5.97 Å². The molecule has 1 unspecified atom stereocenters. The Hall–Kier alpha value is -0.570. The number of hydrogen-bond acceptors (Lipinski definition) is 2. The summed E-state index contributed by atoms with van der Waals surface area (Å²) in [5.41, 5.74) is 0.562. The summed E-state index contributed by atoms with van der Waals surface area (Å²) in [6, 6.07) is 0.329. The van der Waals surface area contributed by atoms with Crippen LogP contribution >= 0.6 is 0 Å². The summed E-state index contributed by atoms with van der Waals surface area (Å²) >= 11 is 0. The van der Waals surface area contributed by atoms with E-state index < -0.39 is 5.97 Å². The van der Waals surface area contributed by atoms with Crippen LogP contribution in [0.4, 0.5) is 0 Å². The molecule has 1 atom stereocenters. The molecule has 0 spiro atoms. The van der Waals surface area contributed by atoms with Crippen LogP contribution in [0.15, 0.2) is 0 Å². The Morgan fingerprint density at radius 2 is 2.20 bits per heavy atom. The Balaban J connectivity index is 2.11. The zero-order chi connectivity index (χ0) is 11.3. The van der Waals surface area contributed by atoms with Crippen molar-refractivity contribution in [3.8, 4) is 0 Å². The first kappa shape index (κ1) is 12.5. The Morgan fingerprint density at radius 3 is 2.67 bits per heavy atom. The van der Waals surface area contributed by atoms with Gasteiger partial charge in [0.2, 0.25) is 0 Å². The highest BCUT2D eigenvalue weighted by Gasteiger charge is 2.40. The van der Waals surface area contributed by atoms with Crippen LogP contribution in [0.5, 0.6) is 0 Å². The molecule has 88 valence electrons. The van der Waals surface area contributed by atoms with Crippen LogP contribution in [-0.4, -0.2) is 23.7 Å². The lowest BCUT2D eigenvalue weighted by Crippen LogP contribution is -2.32. The lowest BCUT2D eigenvalue weighted by Gasteiger charge is -2.19. The fraction of sp³-hybridized carbons (Fsp3) is 0.917. The minimum atomic E-state index is -0.696. The SMILES string of the molecule is CCCC1(CNC(C)CCC(=O)O)CC1. The standard InChI is InChI=1S/C12H23NO2/c1-3-6-12(7-8-12)9-13-10(2)4-5-11(14)15/h10,13H,3-9H2,1-2H3,(H,14,15). The van der Waals surface area contributed by atoms with Crippen LogP contribution in [-0.2, 0) is 4.79 Å². The molecule has 0 bridgehead atoms. The average Bonchev–Trinajstić information content (AvgIpc) is 2.93. The Labute approximate surface area is 92.3 Å². The first-order valence-corrected chi connectivity index (χ1v) is 6.03. The second-order valence-electron chi connectivity index (χ2n) is 4.96. The third-order valence-electron chi connectivity index (χ3n) is 3.35. The monoisotopic (exact) mass is 213 g/mol. The number of rotatable bonds is 8. The van der Waals surface area contributed by atoms with Crippen LogP contribution in [0.25, 0.3) is 0 Å². The molecule has 0 heterocycles. The van der Waals surface area contributed by atoms with E-state index in [0.29, 0.717) is 11.5 Å². The molecule has 3 heteroatoms. The van der Waals surface area contributed by atoms with Crippen molar-refractivity contribution in [2.75, 3.05) is 6.54 Å². The zero-order valence-electron chi connectivity index (χ0n) is 9.88. The van der Waals surface area contributed by atoms with E-state index in [0.717, 1.165) is 13.0 Å². The van der Waals surface area contributed by atoms with Gasteiger partial charge in [0, 0.05) is 19.0 Å². The highest BCUT2D eigenvalue weighted by molar-refractivity contribution is 5.66. The van der Waals surface area contributed by atoms with E-state index in [1.807, 2.05) is 0 Å². The predicted octanol–water partition coefficient (Wildman–Crippen LogP) is 2.41. The minimum absolute atomic E-state index is 0.273. The molecule has 3 nitrogen and oxygen atoms in total. The topological polar surface area (TPSA) is 49.3 Å². The lowest BCUT2D eigenvalue weighted by atomic mass is 10.00. The molecular formula is C12H23NO2. The molecular weight excluding hydrogens is 190 g/mol. The third kappa shape index (κ3) is 4.65. The largest absolute Gasteiger partial charge is 0.481 e. The van der Waals surface area contributed by atoms with Crippen LogP contribution in [0.2, 0.25) is 0 Å². The molecule has 0 amide bonds. The molecule has 0 aromatic rings. The van der Waals surface area contributed by atoms with Crippen molar-refractivity contribution in [1.29, 1.82) is 0 Å². The molecule has 0 aliphatic heterocycles. The maximum Gasteiger partial charge on any atom is 0.303 e. The maximum atomic E-state index is 10.4. The molecule has 1 rings (SSSR count). The second-order valence-corrected chi connectivity index (χ2v) is 4.96. The second kappa shape index (κ2) is 5.50. The highest BCUT2D eigenvalue weighted by Crippen LogP contribution is 2.48. The van der Waals surface area contributed by atoms with Gasteiger partial charge in [-0.25, -0.2) is 0 Å². The van der Waals surface area contributed by atoms with Crippen molar-refractivity contribution in [2.24, 2.45) is 5.41 Å². The summed E-state index contributed by atoms with van der Waals surface area (Å²) in [5, 5.41) is 12.0. The summed E-state index contributed by atoms with van der Waals surface area (Å²) in [6.45, 7) is 5.38. The van der Waals surface area contributed by atoms with Gasteiger partial charge in [0.05, 0.1) is 0 Å². The maximum absolute atomic E-state index is 10.4. The molecule has 0 aromatic heterocycles. The first-order chi connectivity index (χ1) is 7.08. The van der Waals surface area contributed by atoms with Gasteiger partial charge in [0.15, 0.2) is 0 Å². The smallest absolute Gasteiger partial charge is 0.303 e. The van der Waals surface area contributed by atoms with Gasteiger partial charge in [0.1, 0.15) is 0 Å². The van der Waals surface area contributed by atoms with E-state index in [-0.39, 0.29) is 6.42 Å². The van der Waals surface area contributed by atoms with E-state index in [1.54, 1.807) is 0 Å². The van der Waals surface area contributed by atoms with Gasteiger partial charge in [-0.1, -0.05) is 13.3 Å². The quantitative estimate of drug-likeness (QED) is 0.651. The van der Waals surface area contributed by atoms with Gasteiger partial charge in [0.25, 0.3) is 0 Å². The summed E-state index contributed by atoms with van der Waals surface area (Å²) in [6.07, 6.45) is 6.27. The van der Waals surface area contributed by atoms with E-state index in [4.69, 9.17) is 5.11 Å². The van der Waals surface area contributed by atoms with Crippen molar-refractivity contribution < 1.29 is 9.90 Å². The number of nitrogens with one attached hydrogen (secondary N) is 1. The van der Waals surface area contributed by atoms with Gasteiger partial charge in [-0.15, -0.1) is 0 Å². The summed E-state index contributed by atoms with van der Waals surface area (Å²) in [4.78, 5) is 10.4. The molecule has 0 saturated heterocycles. The molecule has 0 aromatic carbocycles. The molecule has 1 aliphatic rings. The van der Waals surface area contributed by atoms with Crippen LogP contribution < -0.4 is 5.32 Å². The molecule has 2 N–H and O–H groups in total. The number of carboxylic acid groups (broad SMARTS) is 1. The molecule has 1 aliphatic carbocycles. The summed E-state index contributed by atoms with van der Waals surface area (Å²) in [5.74, 6) is -0.696. The number of aliphatic carboxylic acids is 1. The average molecular weight is 213 g/mol. The van der Waals surface area contributed by atoms with Crippen molar-refractivity contribution in [3.63, 3.8) is 0 Å². The number of hydrogen-bond donors (Lipinski definition) is 2. The number of carboxylic acids is 1. The lowest BCUT2D eigenvalue weighted by molar-refractivity contribution is -0.137. The van der Waals surface area contributed by atoms with E-state index in [2.05, 4.69) is 19.2 Å². The fourth-order valence-electron chi connectivity index (χ4n) is 2.06. The molecule has 1 fully saturated rings. The Kier molecular flexibility index (Phi) is 4.58. The van der Waals surface area contributed by atoms with E-state index >= 15 is 0 Å². The van der Waals surface area contributed by atoms with E-state index in [1.165, 1.54) is 25.7 Å². The van der Waals surface area contributed by atoms with Gasteiger partial charge in [-0.05, 0) is 38.0 Å². The van der Waals surface area contributed by atoms with Crippen molar-refractivity contribution in [2.45, 2.75) is 58.4 Å². The van der Waals surface area contributed by atoms with Crippen molar-refractivity contribution in [1.82, 2.24) is 5.32 Å². The normalized spacial score (nSPS) is 19.9. The Morgan fingerprint density at radius 1 is 1.53 bits per heavy atom. The van der Waals surface area contributed by atoms with E-state index in [9.17, 15) is 4.79 Å². The number of carbonyl (C=O) groups is 1. The van der Waals surface area contributed by atoms with Crippen molar-refractivity contribution >= 4 is 5.97 Å². The van der Waals surface area contributed by atoms with Crippen molar-refractivity contribution in [3.05, 3.63) is 0 Å². The zero-order valence-corrected chi connectivity index (χ0v) is 9.88. The van der Waals surface area contributed by atoms with Crippen LogP contribution in [0.1, 0.15) is 52.4 Å². The fourth-order valence-corrected chi connectivity index (χ4v) is 2.06. The summed E-state index contributed by atoms with van der Waals surface area (Å²) in [7, 11) is 0. The Bertz CT molecular complexity index is 212. The van der Waals surface area contributed by atoms with Gasteiger partial charge in [-0.2, -0.15) is 0 Å². The molecule has 1 saturated carbocycles.